The second-order valence-corrected chi connectivity index (χ2v) is 8.47. The Kier molecular flexibility index (Phi) is 5.36. The molecule has 0 bridgehead atoms. The number of methoxy groups -OCH3 is 1. The Morgan fingerprint density at radius 3 is 2.58 bits per heavy atom. The van der Waals surface area contributed by atoms with E-state index < -0.39 is 9.84 Å². The first-order chi connectivity index (χ1) is 12.4. The van der Waals surface area contributed by atoms with E-state index in [4.69, 9.17) is 4.74 Å². The topological polar surface area (TPSA) is 58.6 Å². The highest BCUT2D eigenvalue weighted by atomic mass is 32.2. The normalized spacial score (nSPS) is 14.5. The summed E-state index contributed by atoms with van der Waals surface area (Å²) in [6.07, 6.45) is 3.36. The summed E-state index contributed by atoms with van der Waals surface area (Å²) in [5, 5.41) is 3.14. The Morgan fingerprint density at radius 2 is 1.92 bits per heavy atom. The quantitative estimate of drug-likeness (QED) is 0.834. The van der Waals surface area contributed by atoms with E-state index >= 15 is 0 Å². The molecule has 2 aromatic carbocycles. The third-order valence-electron chi connectivity index (χ3n) is 4.55. The summed E-state index contributed by atoms with van der Waals surface area (Å²) >= 11 is 0. The smallest absolute Gasteiger partial charge is 0.175 e. The molecule has 0 radical (unpaired) electrons. The highest BCUT2D eigenvalue weighted by Crippen LogP contribution is 2.29. The van der Waals surface area contributed by atoms with Crippen molar-refractivity contribution in [2.24, 2.45) is 0 Å². The Labute approximate surface area is 153 Å². The van der Waals surface area contributed by atoms with Crippen LogP contribution in [-0.4, -0.2) is 34.9 Å². The fourth-order valence-electron chi connectivity index (χ4n) is 3.17. The van der Waals surface area contributed by atoms with E-state index in [0.717, 1.165) is 37.9 Å². The number of halogens is 1. The Bertz CT molecular complexity index is 894. The molecule has 1 saturated heterocycles. The number of benzene rings is 2. The van der Waals surface area contributed by atoms with Crippen molar-refractivity contribution < 1.29 is 17.5 Å². The van der Waals surface area contributed by atoms with E-state index in [9.17, 15) is 12.8 Å². The van der Waals surface area contributed by atoms with Crippen LogP contribution in [0, 0.1) is 5.82 Å². The summed E-state index contributed by atoms with van der Waals surface area (Å²) < 4.78 is 43.3. The maximum Gasteiger partial charge on any atom is 0.175 e. The molecule has 1 N–H and O–H groups in total. The van der Waals surface area contributed by atoms with Crippen molar-refractivity contribution in [3.63, 3.8) is 0 Å². The highest BCUT2D eigenvalue weighted by Gasteiger charge is 2.18. The molecule has 0 spiro atoms. The van der Waals surface area contributed by atoms with Gasteiger partial charge in [-0.3, -0.25) is 0 Å². The van der Waals surface area contributed by atoms with Gasteiger partial charge in [0.15, 0.2) is 9.84 Å². The molecule has 1 heterocycles. The van der Waals surface area contributed by atoms with Crippen molar-refractivity contribution in [3.05, 3.63) is 47.8 Å². The summed E-state index contributed by atoms with van der Waals surface area (Å²) in [4.78, 5) is 2.35. The van der Waals surface area contributed by atoms with Crippen LogP contribution in [0.15, 0.2) is 41.3 Å². The van der Waals surface area contributed by atoms with Gasteiger partial charge in [-0.15, -0.1) is 0 Å². The fourth-order valence-corrected chi connectivity index (χ4v) is 3.84. The summed E-state index contributed by atoms with van der Waals surface area (Å²) in [6.45, 7) is 2.11. The van der Waals surface area contributed by atoms with Crippen LogP contribution >= 0.6 is 0 Å². The molecule has 0 atom stereocenters. The molecular weight excluding hydrogens is 355 g/mol. The zero-order chi connectivity index (χ0) is 18.7. The lowest BCUT2D eigenvalue weighted by molar-refractivity contribution is 0.413. The first-order valence-electron chi connectivity index (χ1n) is 8.54. The molecule has 0 aliphatic carbocycles. The van der Waals surface area contributed by atoms with Gasteiger partial charge < -0.3 is 15.0 Å². The number of hydrogen-bond acceptors (Lipinski definition) is 5. The third-order valence-corrected chi connectivity index (χ3v) is 5.65. The summed E-state index contributed by atoms with van der Waals surface area (Å²) in [5.41, 5.74) is 2.04. The monoisotopic (exact) mass is 378 g/mol. The number of anilines is 2. The minimum absolute atomic E-state index is 0.160. The van der Waals surface area contributed by atoms with Gasteiger partial charge in [0.05, 0.1) is 12.0 Å². The van der Waals surface area contributed by atoms with Gasteiger partial charge in [0.1, 0.15) is 11.6 Å². The van der Waals surface area contributed by atoms with Crippen LogP contribution in [0.25, 0.3) is 0 Å². The van der Waals surface area contributed by atoms with Crippen LogP contribution in [-0.2, 0) is 16.4 Å². The van der Waals surface area contributed by atoms with Crippen LogP contribution in [0.1, 0.15) is 18.4 Å². The van der Waals surface area contributed by atoms with Gasteiger partial charge in [-0.1, -0.05) is 6.07 Å². The molecule has 5 nitrogen and oxygen atoms in total. The largest absolute Gasteiger partial charge is 0.497 e. The van der Waals surface area contributed by atoms with Crippen LogP contribution in [0.5, 0.6) is 5.75 Å². The first kappa shape index (κ1) is 18.5. The van der Waals surface area contributed by atoms with Gasteiger partial charge in [0.25, 0.3) is 0 Å². The van der Waals surface area contributed by atoms with Gasteiger partial charge in [-0.05, 0) is 37.1 Å². The number of nitrogens with one attached hydrogen (secondary N) is 1. The number of nitrogens with zero attached hydrogens (tertiary/aromatic N) is 1. The van der Waals surface area contributed by atoms with E-state index in [1.807, 2.05) is 6.07 Å². The maximum absolute atomic E-state index is 14.4. The second-order valence-electron chi connectivity index (χ2n) is 6.45. The summed E-state index contributed by atoms with van der Waals surface area (Å²) in [5.74, 6) is 0.164. The van der Waals surface area contributed by atoms with Gasteiger partial charge in [0, 0.05) is 48.9 Å². The summed E-state index contributed by atoms with van der Waals surface area (Å²) in [6, 6.07) is 9.81. The molecule has 7 heteroatoms. The third kappa shape index (κ3) is 4.09. The van der Waals surface area contributed by atoms with Crippen molar-refractivity contribution in [3.8, 4) is 5.75 Å². The highest BCUT2D eigenvalue weighted by molar-refractivity contribution is 7.90. The van der Waals surface area contributed by atoms with Crippen molar-refractivity contribution in [1.82, 2.24) is 0 Å². The van der Waals surface area contributed by atoms with Crippen LogP contribution in [0.4, 0.5) is 15.8 Å². The Morgan fingerprint density at radius 1 is 1.19 bits per heavy atom. The molecule has 0 saturated carbocycles. The Hall–Kier alpha value is -2.28. The second kappa shape index (κ2) is 7.53. The zero-order valence-corrected chi connectivity index (χ0v) is 15.8. The number of rotatable bonds is 6. The van der Waals surface area contributed by atoms with E-state index in [-0.39, 0.29) is 17.3 Å². The maximum atomic E-state index is 14.4. The molecule has 1 aliphatic heterocycles. The SMILES string of the molecule is COc1cc(NCc2c(F)cccc2N2CCCC2)cc(S(C)(=O)=O)c1. The van der Waals surface area contributed by atoms with E-state index in [0.29, 0.717) is 17.0 Å². The molecular formula is C19H23FN2O3S. The van der Waals surface area contributed by atoms with Gasteiger partial charge >= 0.3 is 0 Å². The zero-order valence-electron chi connectivity index (χ0n) is 15.0. The molecule has 140 valence electrons. The van der Waals surface area contributed by atoms with Crippen molar-refractivity contribution in [2.45, 2.75) is 24.3 Å². The van der Waals surface area contributed by atoms with E-state index in [1.54, 1.807) is 12.1 Å². The van der Waals surface area contributed by atoms with Crippen molar-refractivity contribution >= 4 is 21.2 Å². The Balaban J connectivity index is 1.88. The predicted octanol–water partition coefficient (Wildman–Crippen LogP) is 3.45. The minimum Gasteiger partial charge on any atom is -0.497 e. The van der Waals surface area contributed by atoms with E-state index in [1.165, 1.54) is 25.3 Å². The average Bonchev–Trinajstić information content (AvgIpc) is 3.14. The lowest BCUT2D eigenvalue weighted by Gasteiger charge is -2.22. The predicted molar refractivity (Wildman–Crippen MR) is 101 cm³/mol. The number of hydrogen-bond donors (Lipinski definition) is 1. The molecule has 1 fully saturated rings. The standard InChI is InChI=1S/C19H23FN2O3S/c1-25-15-10-14(11-16(12-15)26(2,23)24)21-13-17-18(20)6-5-7-19(17)22-8-3-4-9-22/h5-7,10-12,21H,3-4,8-9,13H2,1-2H3. The summed E-state index contributed by atoms with van der Waals surface area (Å²) in [7, 11) is -1.89. The lowest BCUT2D eigenvalue weighted by atomic mass is 10.1. The van der Waals surface area contributed by atoms with Crippen molar-refractivity contribution in [1.29, 1.82) is 0 Å². The van der Waals surface area contributed by atoms with Gasteiger partial charge in [0.2, 0.25) is 0 Å². The van der Waals surface area contributed by atoms with Crippen molar-refractivity contribution in [2.75, 3.05) is 36.7 Å². The fraction of sp³-hybridized carbons (Fsp3) is 0.368. The molecule has 1 aliphatic rings. The average molecular weight is 378 g/mol. The molecule has 26 heavy (non-hydrogen) atoms. The minimum atomic E-state index is -3.37. The lowest BCUT2D eigenvalue weighted by Crippen LogP contribution is -2.20. The molecule has 0 amide bonds. The number of sulfone groups is 1. The van der Waals surface area contributed by atoms with Crippen LogP contribution in [0.2, 0.25) is 0 Å². The van der Waals surface area contributed by atoms with Gasteiger partial charge in [-0.2, -0.15) is 0 Å². The first-order valence-corrected chi connectivity index (χ1v) is 10.4. The number of ether oxygens (including phenoxy) is 1. The van der Waals surface area contributed by atoms with E-state index in [2.05, 4.69) is 10.2 Å². The molecule has 3 rings (SSSR count). The van der Waals surface area contributed by atoms with Crippen LogP contribution in [0.3, 0.4) is 0 Å². The molecule has 0 unspecified atom stereocenters. The van der Waals surface area contributed by atoms with Gasteiger partial charge in [-0.25, -0.2) is 12.8 Å². The van der Waals surface area contributed by atoms with Crippen LogP contribution < -0.4 is 15.0 Å². The molecule has 2 aromatic rings. The molecule has 0 aromatic heterocycles.